The number of rotatable bonds is 4. The molecule has 146 valence electrons. The summed E-state index contributed by atoms with van der Waals surface area (Å²) in [4.78, 5) is 18.6. The van der Waals surface area contributed by atoms with Crippen molar-refractivity contribution < 1.29 is 19.0 Å². The Balaban J connectivity index is 1.47. The summed E-state index contributed by atoms with van der Waals surface area (Å²) in [6, 6.07) is 9.34. The molecular weight excluding hydrogens is 361 g/mol. The lowest BCUT2D eigenvalue weighted by molar-refractivity contribution is 0.139. The van der Waals surface area contributed by atoms with E-state index in [0.717, 1.165) is 18.4 Å². The molecule has 0 bridgehead atoms. The molecule has 2 aromatic rings. The number of alkyl carbamates (subject to hydrolysis) is 1. The first kappa shape index (κ1) is 18.3. The van der Waals surface area contributed by atoms with Crippen LogP contribution in [-0.2, 0) is 4.74 Å². The summed E-state index contributed by atoms with van der Waals surface area (Å²) in [5.74, 6) is 0.0737. The van der Waals surface area contributed by atoms with Crippen LogP contribution in [0.2, 0.25) is 0 Å². The van der Waals surface area contributed by atoms with Gasteiger partial charge < -0.3 is 20.1 Å². The van der Waals surface area contributed by atoms with Crippen LogP contribution in [0, 0.1) is 0 Å². The van der Waals surface area contributed by atoms with Crippen LogP contribution in [0.15, 0.2) is 41.2 Å². The number of ether oxygens (including phenoxy) is 1. The van der Waals surface area contributed by atoms with Gasteiger partial charge in [0.1, 0.15) is 11.5 Å². The highest BCUT2D eigenvalue weighted by molar-refractivity contribution is 5.69. The number of amides is 1. The van der Waals surface area contributed by atoms with E-state index < -0.39 is 0 Å². The van der Waals surface area contributed by atoms with Gasteiger partial charge in [0.2, 0.25) is 0 Å². The number of fused-ring (bicyclic) bond motifs is 1. The highest BCUT2D eigenvalue weighted by Crippen LogP contribution is 2.37. The van der Waals surface area contributed by atoms with Gasteiger partial charge in [-0.2, -0.15) is 0 Å². The maximum atomic E-state index is 14.5. The number of halogens is 1. The summed E-state index contributed by atoms with van der Waals surface area (Å²) in [5, 5.41) is 13.6. The molecule has 4 rings (SSSR count). The van der Waals surface area contributed by atoms with Crippen LogP contribution < -0.4 is 16.0 Å². The van der Waals surface area contributed by atoms with E-state index in [9.17, 15) is 14.3 Å². The third-order valence-electron chi connectivity index (χ3n) is 5.18. The second-order valence-electron chi connectivity index (χ2n) is 7.08. The Morgan fingerprint density at radius 2 is 2.11 bits per heavy atom. The lowest BCUT2D eigenvalue weighted by Gasteiger charge is -2.35. The average molecular weight is 383 g/mol. The fourth-order valence-corrected chi connectivity index (χ4v) is 3.64. The number of hydrogen-bond donors (Lipinski definition) is 3. The molecule has 7 heteroatoms. The van der Waals surface area contributed by atoms with E-state index in [1.807, 2.05) is 24.3 Å². The minimum absolute atomic E-state index is 0.0120. The van der Waals surface area contributed by atoms with E-state index in [-0.39, 0.29) is 36.0 Å². The summed E-state index contributed by atoms with van der Waals surface area (Å²) in [5.41, 5.74) is 2.14. The number of H-pyrrole nitrogens is 1. The molecule has 0 atom stereocenters. The lowest BCUT2D eigenvalue weighted by atomic mass is 9.76. The van der Waals surface area contributed by atoms with E-state index in [0.29, 0.717) is 28.8 Å². The Labute approximate surface area is 161 Å². The van der Waals surface area contributed by atoms with Crippen LogP contribution in [-0.4, -0.2) is 28.8 Å². The van der Waals surface area contributed by atoms with Gasteiger partial charge in [0.15, 0.2) is 5.88 Å². The largest absolute Gasteiger partial charge is 0.495 e. The number of nitrogens with zero attached hydrogens (tertiary/aromatic N) is 1. The van der Waals surface area contributed by atoms with Crippen molar-refractivity contribution in [3.05, 3.63) is 58.0 Å². The summed E-state index contributed by atoms with van der Waals surface area (Å²) in [6.45, 7) is 2.14. The van der Waals surface area contributed by atoms with Crippen molar-refractivity contribution in [2.45, 2.75) is 38.1 Å². The molecule has 0 radical (unpaired) electrons. The number of hydrogen-bond acceptors (Lipinski definition) is 4. The van der Waals surface area contributed by atoms with Crippen LogP contribution in [0.3, 0.4) is 0 Å². The van der Waals surface area contributed by atoms with Crippen LogP contribution in [0.1, 0.15) is 43.2 Å². The van der Waals surface area contributed by atoms with Gasteiger partial charge in [0.05, 0.1) is 17.3 Å². The van der Waals surface area contributed by atoms with Crippen molar-refractivity contribution in [3.63, 3.8) is 0 Å². The fourth-order valence-electron chi connectivity index (χ4n) is 3.64. The Morgan fingerprint density at radius 3 is 2.82 bits per heavy atom. The number of nitrogens with one attached hydrogen (secondary N) is 2. The third-order valence-corrected chi connectivity index (χ3v) is 5.18. The molecule has 1 fully saturated rings. The van der Waals surface area contributed by atoms with Crippen molar-refractivity contribution in [2.75, 3.05) is 6.61 Å². The molecule has 0 saturated heterocycles. The standard InChI is InChI=1S/C21H22FN3O3/c1-2-28-21(27)23-15-9-14(10-15)12-3-5-13(6-4-12)20-16(22)7-8-17-18(25-20)11-19(26)24-17/h3-6,8,11,14-15,24,26H,2,7,9-10H2,1H3,(H,23,27). The van der Waals surface area contributed by atoms with Gasteiger partial charge in [-0.25, -0.2) is 14.2 Å². The van der Waals surface area contributed by atoms with Crippen molar-refractivity contribution in [3.8, 4) is 5.88 Å². The summed E-state index contributed by atoms with van der Waals surface area (Å²) >= 11 is 0. The zero-order valence-corrected chi connectivity index (χ0v) is 15.5. The average Bonchev–Trinajstić information content (AvgIpc) is 2.93. The van der Waals surface area contributed by atoms with E-state index in [1.54, 1.807) is 13.0 Å². The van der Waals surface area contributed by atoms with Gasteiger partial charge in [0, 0.05) is 24.1 Å². The molecule has 1 saturated carbocycles. The van der Waals surface area contributed by atoms with Gasteiger partial charge in [0.25, 0.3) is 0 Å². The number of carbonyl (C=O) groups excluding carboxylic acids is 1. The van der Waals surface area contributed by atoms with Crippen molar-refractivity contribution in [1.82, 2.24) is 10.3 Å². The first-order valence-corrected chi connectivity index (χ1v) is 9.42. The Kier molecular flexibility index (Phi) is 4.90. The van der Waals surface area contributed by atoms with E-state index in [4.69, 9.17) is 4.74 Å². The normalized spacial score (nSPS) is 20.9. The van der Waals surface area contributed by atoms with Crippen LogP contribution in [0.25, 0.3) is 11.8 Å². The minimum atomic E-state index is -0.370. The maximum Gasteiger partial charge on any atom is 0.407 e. The molecule has 1 aromatic heterocycles. The minimum Gasteiger partial charge on any atom is -0.495 e. The fraction of sp³-hybridized carbons (Fsp3) is 0.333. The number of aromatic amines is 1. The van der Waals surface area contributed by atoms with Gasteiger partial charge in [-0.05, 0) is 31.2 Å². The number of benzene rings is 1. The van der Waals surface area contributed by atoms with Gasteiger partial charge >= 0.3 is 6.09 Å². The van der Waals surface area contributed by atoms with Crippen LogP contribution in [0.4, 0.5) is 9.18 Å². The Hall–Kier alpha value is -3.09. The molecule has 0 spiro atoms. The molecule has 3 N–H and O–H groups in total. The maximum absolute atomic E-state index is 14.5. The van der Waals surface area contributed by atoms with Crippen molar-refractivity contribution in [1.29, 1.82) is 0 Å². The number of allylic oxidation sites excluding steroid dienone is 1. The molecular formula is C21H22FN3O3. The Morgan fingerprint density at radius 1 is 1.36 bits per heavy atom. The van der Waals surface area contributed by atoms with E-state index in [1.165, 1.54) is 6.07 Å². The summed E-state index contributed by atoms with van der Waals surface area (Å²) < 4.78 is 19.4. The number of carbonyl (C=O) groups is 1. The zero-order chi connectivity index (χ0) is 19.7. The first-order chi connectivity index (χ1) is 13.5. The second kappa shape index (κ2) is 7.50. The van der Waals surface area contributed by atoms with Crippen molar-refractivity contribution >= 4 is 17.9 Å². The third kappa shape index (κ3) is 3.65. The smallest absolute Gasteiger partial charge is 0.407 e. The molecule has 1 amide bonds. The van der Waals surface area contributed by atoms with Gasteiger partial charge in [-0.3, -0.25) is 0 Å². The Bertz CT molecular complexity index is 1030. The predicted molar refractivity (Wildman–Crippen MR) is 103 cm³/mol. The molecule has 0 unspecified atom stereocenters. The zero-order valence-electron chi connectivity index (χ0n) is 15.5. The number of aromatic hydroxyl groups is 1. The van der Waals surface area contributed by atoms with E-state index in [2.05, 4.69) is 15.3 Å². The molecule has 2 heterocycles. The quantitative estimate of drug-likeness (QED) is 0.759. The molecule has 2 aliphatic rings. The first-order valence-electron chi connectivity index (χ1n) is 9.42. The molecule has 1 aliphatic carbocycles. The molecule has 1 aliphatic heterocycles. The van der Waals surface area contributed by atoms with Crippen LogP contribution >= 0.6 is 0 Å². The van der Waals surface area contributed by atoms with Gasteiger partial charge in [-0.1, -0.05) is 30.3 Å². The van der Waals surface area contributed by atoms with Crippen molar-refractivity contribution in [2.24, 2.45) is 4.99 Å². The molecule has 28 heavy (non-hydrogen) atoms. The van der Waals surface area contributed by atoms with E-state index >= 15 is 0 Å². The van der Waals surface area contributed by atoms with Gasteiger partial charge in [-0.15, -0.1) is 0 Å². The monoisotopic (exact) mass is 383 g/mol. The number of aromatic nitrogens is 1. The second-order valence-corrected chi connectivity index (χ2v) is 7.08. The van der Waals surface area contributed by atoms with Crippen LogP contribution in [0.5, 0.6) is 5.88 Å². The summed E-state index contributed by atoms with van der Waals surface area (Å²) in [7, 11) is 0. The topological polar surface area (TPSA) is 86.7 Å². The predicted octanol–water partition coefficient (Wildman–Crippen LogP) is 2.85. The summed E-state index contributed by atoms with van der Waals surface area (Å²) in [6.07, 6.45) is 3.16. The molecule has 1 aromatic carbocycles. The molecule has 6 nitrogen and oxygen atoms in total. The highest BCUT2D eigenvalue weighted by atomic mass is 19.1. The lowest BCUT2D eigenvalue weighted by Crippen LogP contribution is -2.43. The highest BCUT2D eigenvalue weighted by Gasteiger charge is 2.31. The SMILES string of the molecule is CCOC(=O)NC1CC(c2ccc(C3=C(F)CC=c4[nH]c(O)cc4=N3)cc2)C1.